The fraction of sp³-hybridized carbons (Fsp3) is 0.875. The number of methoxy groups -OCH3 is 1. The minimum atomic E-state index is 0.0808. The lowest BCUT2D eigenvalue weighted by Gasteiger charge is -2.20. The summed E-state index contributed by atoms with van der Waals surface area (Å²) in [6.07, 6.45) is 0.975. The summed E-state index contributed by atoms with van der Waals surface area (Å²) >= 11 is 3.94. The summed E-state index contributed by atoms with van der Waals surface area (Å²) in [6, 6.07) is 0. The standard InChI is InChI=1S/C8H17NO2S/c1-3-4-9(5-6-11-2)8(10)7-12/h12H,3-7H2,1-2H3. The minimum Gasteiger partial charge on any atom is -0.383 e. The third-order valence-electron chi connectivity index (χ3n) is 1.55. The van der Waals surface area contributed by atoms with Gasteiger partial charge in [0.15, 0.2) is 0 Å². The molecule has 72 valence electrons. The number of ether oxygens (including phenoxy) is 1. The van der Waals surface area contributed by atoms with E-state index in [-0.39, 0.29) is 11.7 Å². The van der Waals surface area contributed by atoms with Gasteiger partial charge in [-0.05, 0) is 6.42 Å². The fourth-order valence-electron chi connectivity index (χ4n) is 0.933. The van der Waals surface area contributed by atoms with Crippen LogP contribution in [0.5, 0.6) is 0 Å². The highest BCUT2D eigenvalue weighted by Gasteiger charge is 2.09. The third kappa shape index (κ3) is 4.62. The molecule has 1 amide bonds. The molecule has 0 aromatic carbocycles. The molecule has 0 saturated carbocycles. The summed E-state index contributed by atoms with van der Waals surface area (Å²) in [7, 11) is 1.63. The van der Waals surface area contributed by atoms with Gasteiger partial charge in [-0.2, -0.15) is 12.6 Å². The first-order chi connectivity index (χ1) is 5.76. The third-order valence-corrected chi connectivity index (χ3v) is 1.82. The van der Waals surface area contributed by atoms with Crippen LogP contribution in [0.1, 0.15) is 13.3 Å². The molecule has 0 aliphatic rings. The van der Waals surface area contributed by atoms with E-state index in [1.807, 2.05) is 6.92 Å². The maximum atomic E-state index is 11.2. The van der Waals surface area contributed by atoms with E-state index in [9.17, 15) is 4.79 Å². The second-order valence-electron chi connectivity index (χ2n) is 2.53. The van der Waals surface area contributed by atoms with E-state index in [1.165, 1.54) is 0 Å². The highest BCUT2D eigenvalue weighted by Crippen LogP contribution is 1.94. The maximum Gasteiger partial charge on any atom is 0.232 e. The number of nitrogens with zero attached hydrogens (tertiary/aromatic N) is 1. The topological polar surface area (TPSA) is 29.5 Å². The van der Waals surface area contributed by atoms with Gasteiger partial charge in [0.25, 0.3) is 0 Å². The summed E-state index contributed by atoms with van der Waals surface area (Å²) < 4.78 is 4.89. The highest BCUT2D eigenvalue weighted by molar-refractivity contribution is 7.81. The van der Waals surface area contributed by atoms with Crippen LogP contribution < -0.4 is 0 Å². The lowest BCUT2D eigenvalue weighted by atomic mass is 10.4. The number of carbonyl (C=O) groups is 1. The molecule has 0 unspecified atom stereocenters. The van der Waals surface area contributed by atoms with E-state index in [0.29, 0.717) is 13.2 Å². The van der Waals surface area contributed by atoms with Crippen LogP contribution >= 0.6 is 12.6 Å². The molecule has 0 atom stereocenters. The summed E-state index contributed by atoms with van der Waals surface area (Å²) in [5.74, 6) is 0.362. The molecule has 0 heterocycles. The number of amides is 1. The van der Waals surface area contributed by atoms with Crippen LogP contribution in [0.2, 0.25) is 0 Å². The number of thiol groups is 1. The Hall–Kier alpha value is -0.220. The van der Waals surface area contributed by atoms with Gasteiger partial charge in [-0.15, -0.1) is 0 Å². The first kappa shape index (κ1) is 11.8. The predicted octanol–water partition coefficient (Wildman–Crippen LogP) is 0.801. The summed E-state index contributed by atoms with van der Waals surface area (Å²) in [5.41, 5.74) is 0. The van der Waals surface area contributed by atoms with Crippen molar-refractivity contribution in [1.29, 1.82) is 0 Å². The highest BCUT2D eigenvalue weighted by atomic mass is 32.1. The van der Waals surface area contributed by atoms with Crippen molar-refractivity contribution >= 4 is 18.5 Å². The van der Waals surface area contributed by atoms with Crippen LogP contribution in [0.15, 0.2) is 0 Å². The lowest BCUT2D eigenvalue weighted by molar-refractivity contribution is -0.129. The Bertz CT molecular complexity index is 130. The molecule has 4 heteroatoms. The minimum absolute atomic E-state index is 0.0808. The van der Waals surface area contributed by atoms with E-state index in [2.05, 4.69) is 12.6 Å². The predicted molar refractivity (Wildman–Crippen MR) is 52.6 cm³/mol. The lowest BCUT2D eigenvalue weighted by Crippen LogP contribution is -2.35. The quantitative estimate of drug-likeness (QED) is 0.629. The molecule has 0 aliphatic carbocycles. The van der Waals surface area contributed by atoms with Crippen LogP contribution in [0, 0.1) is 0 Å². The van der Waals surface area contributed by atoms with Crippen LogP contribution in [-0.2, 0) is 9.53 Å². The zero-order valence-corrected chi connectivity index (χ0v) is 8.64. The van der Waals surface area contributed by atoms with Gasteiger partial charge in [0.1, 0.15) is 0 Å². The summed E-state index contributed by atoms with van der Waals surface area (Å²) in [6.45, 7) is 4.11. The van der Waals surface area contributed by atoms with Gasteiger partial charge >= 0.3 is 0 Å². The second kappa shape index (κ2) is 7.43. The molecule has 0 saturated heterocycles. The molecule has 0 radical (unpaired) electrons. The molecule has 0 fully saturated rings. The van der Waals surface area contributed by atoms with Crippen molar-refractivity contribution in [3.63, 3.8) is 0 Å². The zero-order chi connectivity index (χ0) is 9.40. The second-order valence-corrected chi connectivity index (χ2v) is 2.85. The molecule has 0 rings (SSSR count). The van der Waals surface area contributed by atoms with Crippen LogP contribution in [0.25, 0.3) is 0 Å². The molecule has 0 bridgehead atoms. The number of hydrogen-bond donors (Lipinski definition) is 1. The van der Waals surface area contributed by atoms with E-state index < -0.39 is 0 Å². The van der Waals surface area contributed by atoms with E-state index in [1.54, 1.807) is 12.0 Å². The SMILES string of the molecule is CCCN(CCOC)C(=O)CS. The average Bonchev–Trinajstić information content (AvgIpc) is 2.11. The molecule has 12 heavy (non-hydrogen) atoms. The van der Waals surface area contributed by atoms with Crippen molar-refractivity contribution in [2.75, 3.05) is 32.6 Å². The Morgan fingerprint density at radius 3 is 2.58 bits per heavy atom. The Morgan fingerprint density at radius 2 is 2.17 bits per heavy atom. The molecule has 0 aromatic heterocycles. The van der Waals surface area contributed by atoms with Crippen molar-refractivity contribution in [2.45, 2.75) is 13.3 Å². The average molecular weight is 191 g/mol. The largest absolute Gasteiger partial charge is 0.383 e. The maximum absolute atomic E-state index is 11.2. The first-order valence-electron chi connectivity index (χ1n) is 4.13. The van der Waals surface area contributed by atoms with Gasteiger partial charge in [0.2, 0.25) is 5.91 Å². The first-order valence-corrected chi connectivity index (χ1v) is 4.77. The van der Waals surface area contributed by atoms with Crippen LogP contribution in [0.4, 0.5) is 0 Å². The van der Waals surface area contributed by atoms with E-state index in [4.69, 9.17) is 4.74 Å². The molecule has 0 aliphatic heterocycles. The van der Waals surface area contributed by atoms with Crippen molar-refractivity contribution in [3.8, 4) is 0 Å². The summed E-state index contributed by atoms with van der Waals surface area (Å²) in [5, 5.41) is 0. The van der Waals surface area contributed by atoms with Crippen molar-refractivity contribution < 1.29 is 9.53 Å². The van der Waals surface area contributed by atoms with Crippen molar-refractivity contribution in [1.82, 2.24) is 4.90 Å². The van der Waals surface area contributed by atoms with Gasteiger partial charge in [-0.25, -0.2) is 0 Å². The van der Waals surface area contributed by atoms with Gasteiger partial charge in [0.05, 0.1) is 12.4 Å². The Balaban J connectivity index is 3.76. The Morgan fingerprint density at radius 1 is 1.50 bits per heavy atom. The Labute approximate surface area is 79.5 Å². The molecular formula is C8H17NO2S. The van der Waals surface area contributed by atoms with Gasteiger partial charge in [-0.3, -0.25) is 4.79 Å². The van der Waals surface area contributed by atoms with Gasteiger partial charge < -0.3 is 9.64 Å². The van der Waals surface area contributed by atoms with Crippen LogP contribution in [-0.4, -0.2) is 43.4 Å². The van der Waals surface area contributed by atoms with Crippen molar-refractivity contribution in [3.05, 3.63) is 0 Å². The number of hydrogen-bond acceptors (Lipinski definition) is 3. The Kier molecular flexibility index (Phi) is 7.29. The smallest absolute Gasteiger partial charge is 0.232 e. The molecule has 0 N–H and O–H groups in total. The van der Waals surface area contributed by atoms with Crippen LogP contribution in [0.3, 0.4) is 0 Å². The zero-order valence-electron chi connectivity index (χ0n) is 7.75. The molecule has 0 aromatic rings. The molecule has 3 nitrogen and oxygen atoms in total. The fourth-order valence-corrected chi connectivity index (χ4v) is 1.13. The number of rotatable bonds is 6. The van der Waals surface area contributed by atoms with Gasteiger partial charge in [0, 0.05) is 20.2 Å². The normalized spacial score (nSPS) is 9.92. The van der Waals surface area contributed by atoms with E-state index >= 15 is 0 Å². The van der Waals surface area contributed by atoms with Crippen molar-refractivity contribution in [2.24, 2.45) is 0 Å². The molecule has 0 spiro atoms. The van der Waals surface area contributed by atoms with E-state index in [0.717, 1.165) is 13.0 Å². The van der Waals surface area contributed by atoms with Gasteiger partial charge in [-0.1, -0.05) is 6.92 Å². The number of carbonyl (C=O) groups excluding carboxylic acids is 1. The monoisotopic (exact) mass is 191 g/mol. The molecular weight excluding hydrogens is 174 g/mol. The summed E-state index contributed by atoms with van der Waals surface area (Å²) in [4.78, 5) is 13.0.